The highest BCUT2D eigenvalue weighted by Crippen LogP contribution is 2.18. The third-order valence-electron chi connectivity index (χ3n) is 3.22. The summed E-state index contributed by atoms with van der Waals surface area (Å²) in [7, 11) is 0. The molecule has 0 aliphatic rings. The molecule has 1 aromatic carbocycles. The zero-order valence-electron chi connectivity index (χ0n) is 11.5. The molecule has 0 saturated carbocycles. The number of hydrogen-bond acceptors (Lipinski definition) is 2. The first-order valence-electron chi connectivity index (χ1n) is 6.46. The number of aromatic nitrogens is 2. The van der Waals surface area contributed by atoms with Crippen molar-refractivity contribution in [1.29, 1.82) is 0 Å². The minimum Gasteiger partial charge on any atom is -0.353 e. The van der Waals surface area contributed by atoms with Crippen molar-refractivity contribution < 1.29 is 0 Å². The molecule has 2 aromatic rings. The summed E-state index contributed by atoms with van der Waals surface area (Å²) in [6, 6.07) is 10.7. The number of aryl methyl sites for hydroxylation is 1. The van der Waals surface area contributed by atoms with E-state index in [-0.39, 0.29) is 0 Å². The molecule has 1 heterocycles. The van der Waals surface area contributed by atoms with Gasteiger partial charge in [-0.3, -0.25) is 4.57 Å². The summed E-state index contributed by atoms with van der Waals surface area (Å²) >= 11 is 0. The van der Waals surface area contributed by atoms with Gasteiger partial charge in [0.05, 0.1) is 5.69 Å². The highest BCUT2D eigenvalue weighted by Gasteiger charge is 2.12. The number of imidazole rings is 1. The van der Waals surface area contributed by atoms with Crippen LogP contribution < -0.4 is 5.32 Å². The number of hydrogen-bond donors (Lipinski definition) is 1. The standard InChI is InChI=1S/C15H21N3/c1-11(2)13(4)17-15-16-12(3)10-18(15)14-8-6-5-7-9-14/h5-11,13H,1-4H3,(H,16,17). The van der Waals surface area contributed by atoms with Crippen LogP contribution in [-0.4, -0.2) is 15.6 Å². The Labute approximate surface area is 109 Å². The van der Waals surface area contributed by atoms with Crippen molar-refractivity contribution in [2.24, 2.45) is 5.92 Å². The molecule has 1 unspecified atom stereocenters. The Bertz CT molecular complexity index is 500. The Morgan fingerprint density at radius 3 is 2.39 bits per heavy atom. The van der Waals surface area contributed by atoms with Crippen LogP contribution in [-0.2, 0) is 0 Å². The topological polar surface area (TPSA) is 29.9 Å². The molecule has 0 bridgehead atoms. The number of para-hydroxylation sites is 1. The van der Waals surface area contributed by atoms with E-state index in [1.807, 2.05) is 25.1 Å². The molecule has 0 saturated heterocycles. The van der Waals surface area contributed by atoms with Crippen LogP contribution in [0.15, 0.2) is 36.5 Å². The van der Waals surface area contributed by atoms with Crippen molar-refractivity contribution >= 4 is 5.95 Å². The van der Waals surface area contributed by atoms with E-state index in [9.17, 15) is 0 Å². The van der Waals surface area contributed by atoms with Gasteiger partial charge >= 0.3 is 0 Å². The lowest BCUT2D eigenvalue weighted by atomic mass is 10.1. The summed E-state index contributed by atoms with van der Waals surface area (Å²) in [4.78, 5) is 4.56. The average Bonchev–Trinajstić information content (AvgIpc) is 2.71. The maximum Gasteiger partial charge on any atom is 0.207 e. The molecule has 18 heavy (non-hydrogen) atoms. The molecule has 0 aliphatic carbocycles. The van der Waals surface area contributed by atoms with Crippen LogP contribution in [0, 0.1) is 12.8 Å². The molecular weight excluding hydrogens is 222 g/mol. The van der Waals surface area contributed by atoms with Gasteiger partial charge in [0.25, 0.3) is 0 Å². The molecular formula is C15H21N3. The second kappa shape index (κ2) is 5.25. The van der Waals surface area contributed by atoms with Gasteiger partial charge in [-0.25, -0.2) is 4.98 Å². The predicted molar refractivity (Wildman–Crippen MR) is 76.2 cm³/mol. The quantitative estimate of drug-likeness (QED) is 0.888. The van der Waals surface area contributed by atoms with Crippen LogP contribution in [0.1, 0.15) is 26.5 Å². The van der Waals surface area contributed by atoms with Crippen LogP contribution >= 0.6 is 0 Å². The second-order valence-corrected chi connectivity index (χ2v) is 5.09. The summed E-state index contributed by atoms with van der Waals surface area (Å²) in [5, 5.41) is 3.48. The fraction of sp³-hybridized carbons (Fsp3) is 0.400. The molecule has 0 spiro atoms. The fourth-order valence-corrected chi connectivity index (χ4v) is 1.76. The Kier molecular flexibility index (Phi) is 3.70. The predicted octanol–water partition coefficient (Wildman–Crippen LogP) is 3.64. The second-order valence-electron chi connectivity index (χ2n) is 5.09. The van der Waals surface area contributed by atoms with E-state index < -0.39 is 0 Å². The summed E-state index contributed by atoms with van der Waals surface area (Å²) < 4.78 is 2.11. The van der Waals surface area contributed by atoms with E-state index in [1.165, 1.54) is 0 Å². The van der Waals surface area contributed by atoms with Gasteiger partial charge < -0.3 is 5.32 Å². The van der Waals surface area contributed by atoms with Crippen LogP contribution in [0.5, 0.6) is 0 Å². The molecule has 0 aliphatic heterocycles. The average molecular weight is 243 g/mol. The molecule has 3 nitrogen and oxygen atoms in total. The van der Waals surface area contributed by atoms with Crippen molar-refractivity contribution in [3.05, 3.63) is 42.2 Å². The van der Waals surface area contributed by atoms with Gasteiger partial charge in [-0.15, -0.1) is 0 Å². The lowest BCUT2D eigenvalue weighted by Crippen LogP contribution is -2.23. The Morgan fingerprint density at radius 2 is 1.78 bits per heavy atom. The molecule has 3 heteroatoms. The third-order valence-corrected chi connectivity index (χ3v) is 3.22. The summed E-state index contributed by atoms with van der Waals surface area (Å²) in [5.74, 6) is 1.49. The number of nitrogens with one attached hydrogen (secondary N) is 1. The highest BCUT2D eigenvalue weighted by atomic mass is 15.2. The number of benzene rings is 1. The normalized spacial score (nSPS) is 12.7. The number of anilines is 1. The van der Waals surface area contributed by atoms with Crippen molar-refractivity contribution in [2.75, 3.05) is 5.32 Å². The fourth-order valence-electron chi connectivity index (χ4n) is 1.76. The summed E-state index contributed by atoms with van der Waals surface area (Å²) in [5.41, 5.74) is 2.16. The zero-order chi connectivity index (χ0) is 13.1. The van der Waals surface area contributed by atoms with Gasteiger partial charge in [-0.05, 0) is 31.9 Å². The Hall–Kier alpha value is -1.77. The van der Waals surface area contributed by atoms with Gasteiger partial charge in [-0.1, -0.05) is 32.0 Å². The smallest absolute Gasteiger partial charge is 0.207 e. The van der Waals surface area contributed by atoms with Gasteiger partial charge in [-0.2, -0.15) is 0 Å². The van der Waals surface area contributed by atoms with Gasteiger partial charge in [0.1, 0.15) is 0 Å². The molecule has 0 amide bonds. The van der Waals surface area contributed by atoms with E-state index in [4.69, 9.17) is 0 Å². The van der Waals surface area contributed by atoms with Crippen LogP contribution in [0.2, 0.25) is 0 Å². The molecule has 1 N–H and O–H groups in total. The molecule has 1 atom stereocenters. The van der Waals surface area contributed by atoms with E-state index in [0.717, 1.165) is 17.3 Å². The van der Waals surface area contributed by atoms with Crippen molar-refractivity contribution in [1.82, 2.24) is 9.55 Å². The minimum absolute atomic E-state index is 0.397. The number of nitrogens with zero attached hydrogens (tertiary/aromatic N) is 2. The van der Waals surface area contributed by atoms with Gasteiger partial charge in [0, 0.05) is 17.9 Å². The highest BCUT2D eigenvalue weighted by molar-refractivity contribution is 5.43. The zero-order valence-corrected chi connectivity index (χ0v) is 11.5. The SMILES string of the molecule is Cc1cn(-c2ccccc2)c(NC(C)C(C)C)n1. The maximum atomic E-state index is 4.56. The van der Waals surface area contributed by atoms with E-state index in [0.29, 0.717) is 12.0 Å². The van der Waals surface area contributed by atoms with Crippen LogP contribution in [0.3, 0.4) is 0 Å². The Balaban J connectivity index is 2.32. The van der Waals surface area contributed by atoms with Crippen LogP contribution in [0.4, 0.5) is 5.95 Å². The summed E-state index contributed by atoms with van der Waals surface area (Å²) in [6.07, 6.45) is 2.06. The first kappa shape index (κ1) is 12.7. The minimum atomic E-state index is 0.397. The largest absolute Gasteiger partial charge is 0.353 e. The maximum absolute atomic E-state index is 4.56. The van der Waals surface area contributed by atoms with Crippen LogP contribution in [0.25, 0.3) is 5.69 Å². The Morgan fingerprint density at radius 1 is 1.11 bits per heavy atom. The monoisotopic (exact) mass is 243 g/mol. The van der Waals surface area contributed by atoms with E-state index in [1.54, 1.807) is 0 Å². The molecule has 96 valence electrons. The molecule has 0 radical (unpaired) electrons. The van der Waals surface area contributed by atoms with Crippen molar-refractivity contribution in [2.45, 2.75) is 33.7 Å². The van der Waals surface area contributed by atoms with Gasteiger partial charge in [0.15, 0.2) is 0 Å². The lowest BCUT2D eigenvalue weighted by Gasteiger charge is -2.19. The number of rotatable bonds is 4. The van der Waals surface area contributed by atoms with Gasteiger partial charge in [0.2, 0.25) is 5.95 Å². The first-order chi connectivity index (χ1) is 8.58. The summed E-state index contributed by atoms with van der Waals surface area (Å²) in [6.45, 7) is 8.62. The van der Waals surface area contributed by atoms with Crippen molar-refractivity contribution in [3.63, 3.8) is 0 Å². The lowest BCUT2D eigenvalue weighted by molar-refractivity contribution is 0.555. The first-order valence-corrected chi connectivity index (χ1v) is 6.46. The molecule has 0 fully saturated rings. The third kappa shape index (κ3) is 2.73. The molecule has 2 rings (SSSR count). The van der Waals surface area contributed by atoms with E-state index >= 15 is 0 Å². The molecule has 1 aromatic heterocycles. The van der Waals surface area contributed by atoms with Crippen molar-refractivity contribution in [3.8, 4) is 5.69 Å². The van der Waals surface area contributed by atoms with E-state index in [2.05, 4.69) is 54.0 Å².